The van der Waals surface area contributed by atoms with Gasteiger partial charge < -0.3 is 11.1 Å². The Morgan fingerprint density at radius 3 is 2.56 bits per heavy atom. The predicted molar refractivity (Wildman–Crippen MR) is 75.0 cm³/mol. The Morgan fingerprint density at radius 1 is 1.17 bits per heavy atom. The van der Waals surface area contributed by atoms with Gasteiger partial charge >= 0.3 is 0 Å². The molecule has 0 aliphatic rings. The Balaban J connectivity index is 2.31. The van der Waals surface area contributed by atoms with Gasteiger partial charge in [0.1, 0.15) is 0 Å². The summed E-state index contributed by atoms with van der Waals surface area (Å²) in [6, 6.07) is 12.5. The van der Waals surface area contributed by atoms with Crippen LogP contribution in [0, 0.1) is 6.92 Å². The Kier molecular flexibility index (Phi) is 3.53. The van der Waals surface area contributed by atoms with Gasteiger partial charge in [-0.25, -0.2) is 0 Å². The highest BCUT2D eigenvalue weighted by atomic mass is 35.5. The van der Waals surface area contributed by atoms with Crippen LogP contribution in [0.5, 0.6) is 0 Å². The molecule has 0 radical (unpaired) electrons. The molecule has 0 aliphatic carbocycles. The van der Waals surface area contributed by atoms with Crippen molar-refractivity contribution in [1.82, 2.24) is 0 Å². The summed E-state index contributed by atoms with van der Waals surface area (Å²) in [5.74, 6) is -0.299. The van der Waals surface area contributed by atoms with E-state index in [1.807, 2.05) is 31.2 Å². The van der Waals surface area contributed by atoms with Crippen molar-refractivity contribution in [2.24, 2.45) is 0 Å². The summed E-state index contributed by atoms with van der Waals surface area (Å²) in [6.45, 7) is 1.92. The molecule has 3 N–H and O–H groups in total. The predicted octanol–water partition coefficient (Wildman–Crippen LogP) is 3.48. The largest absolute Gasteiger partial charge is 0.398 e. The van der Waals surface area contributed by atoms with Crippen LogP contribution in [0.2, 0.25) is 5.02 Å². The summed E-state index contributed by atoms with van der Waals surface area (Å²) in [5.41, 5.74) is 8.18. The lowest BCUT2D eigenvalue weighted by atomic mass is 10.1. The molecule has 1 amide bonds. The molecular weight excluding hydrogens is 248 g/mol. The van der Waals surface area contributed by atoms with Crippen molar-refractivity contribution in [3.8, 4) is 0 Å². The number of nitrogens with one attached hydrogen (secondary N) is 1. The molecule has 18 heavy (non-hydrogen) atoms. The molecule has 92 valence electrons. The maximum absolute atomic E-state index is 12.1. The molecule has 2 aromatic rings. The molecule has 0 saturated heterocycles. The molecule has 0 aliphatic heterocycles. The lowest BCUT2D eigenvalue weighted by Crippen LogP contribution is -2.15. The summed E-state index contributed by atoms with van der Waals surface area (Å²) in [6.07, 6.45) is 0. The number of carbonyl (C=O) groups is 1. The van der Waals surface area contributed by atoms with Crippen LogP contribution in [0.4, 0.5) is 11.4 Å². The minimum absolute atomic E-state index is 0.299. The van der Waals surface area contributed by atoms with Crippen LogP contribution < -0.4 is 11.1 Å². The van der Waals surface area contributed by atoms with Crippen molar-refractivity contribution in [1.29, 1.82) is 0 Å². The minimum atomic E-state index is -0.299. The van der Waals surface area contributed by atoms with E-state index in [9.17, 15) is 4.79 Å². The third-order valence-electron chi connectivity index (χ3n) is 2.67. The zero-order valence-corrected chi connectivity index (χ0v) is 10.7. The fraction of sp³-hybridized carbons (Fsp3) is 0.0714. The quantitative estimate of drug-likeness (QED) is 0.812. The van der Waals surface area contributed by atoms with Crippen molar-refractivity contribution in [3.05, 3.63) is 58.6 Å². The summed E-state index contributed by atoms with van der Waals surface area (Å²) in [7, 11) is 0. The van der Waals surface area contributed by atoms with Crippen molar-refractivity contribution >= 4 is 28.9 Å². The SMILES string of the molecule is Cc1ccccc1NC(=O)c1c(N)cccc1Cl. The molecule has 2 aromatic carbocycles. The Labute approximate surface area is 111 Å². The number of rotatable bonds is 2. The van der Waals surface area contributed by atoms with Gasteiger partial charge in [-0.1, -0.05) is 35.9 Å². The summed E-state index contributed by atoms with van der Waals surface area (Å²) >= 11 is 5.99. The van der Waals surface area contributed by atoms with E-state index in [0.29, 0.717) is 16.3 Å². The first kappa shape index (κ1) is 12.5. The van der Waals surface area contributed by atoms with Crippen LogP contribution in [0.3, 0.4) is 0 Å². The number of amides is 1. The average molecular weight is 261 g/mol. The Morgan fingerprint density at radius 2 is 1.89 bits per heavy atom. The smallest absolute Gasteiger partial charge is 0.259 e. The number of halogens is 1. The van der Waals surface area contributed by atoms with Gasteiger partial charge in [-0.3, -0.25) is 4.79 Å². The van der Waals surface area contributed by atoms with Gasteiger partial charge in [-0.05, 0) is 30.7 Å². The van der Waals surface area contributed by atoms with Crippen LogP contribution in [-0.2, 0) is 0 Å². The number of hydrogen-bond acceptors (Lipinski definition) is 2. The molecular formula is C14H13ClN2O. The Hall–Kier alpha value is -2.00. The van der Waals surface area contributed by atoms with E-state index in [2.05, 4.69) is 5.32 Å². The number of carbonyl (C=O) groups excluding carboxylic acids is 1. The first-order valence-corrected chi connectivity index (χ1v) is 5.88. The fourth-order valence-electron chi connectivity index (χ4n) is 1.68. The monoisotopic (exact) mass is 260 g/mol. The van der Waals surface area contributed by atoms with Gasteiger partial charge in [0.2, 0.25) is 0 Å². The first-order valence-electron chi connectivity index (χ1n) is 5.50. The van der Waals surface area contributed by atoms with Gasteiger partial charge in [0.15, 0.2) is 0 Å². The van der Waals surface area contributed by atoms with Crippen LogP contribution in [0.15, 0.2) is 42.5 Å². The van der Waals surface area contributed by atoms with E-state index in [-0.39, 0.29) is 5.91 Å². The topological polar surface area (TPSA) is 55.1 Å². The number of nitrogens with two attached hydrogens (primary N) is 1. The van der Waals surface area contributed by atoms with Crippen molar-refractivity contribution in [2.45, 2.75) is 6.92 Å². The van der Waals surface area contributed by atoms with E-state index < -0.39 is 0 Å². The number of nitrogen functional groups attached to an aromatic ring is 1. The van der Waals surface area contributed by atoms with Gasteiger partial charge in [-0.15, -0.1) is 0 Å². The van der Waals surface area contributed by atoms with Crippen LogP contribution >= 0.6 is 11.6 Å². The molecule has 4 heteroatoms. The van der Waals surface area contributed by atoms with Gasteiger partial charge in [-0.2, -0.15) is 0 Å². The number of para-hydroxylation sites is 1. The second-order valence-corrected chi connectivity index (χ2v) is 4.38. The second kappa shape index (κ2) is 5.10. The fourth-order valence-corrected chi connectivity index (χ4v) is 1.95. The zero-order valence-electron chi connectivity index (χ0n) is 9.91. The number of benzene rings is 2. The van der Waals surface area contributed by atoms with E-state index >= 15 is 0 Å². The van der Waals surface area contributed by atoms with E-state index in [1.54, 1.807) is 18.2 Å². The molecule has 0 bridgehead atoms. The standard InChI is InChI=1S/C14H13ClN2O/c1-9-5-2-3-8-12(9)17-14(18)13-10(15)6-4-7-11(13)16/h2-8H,16H2,1H3,(H,17,18). The second-order valence-electron chi connectivity index (χ2n) is 3.97. The third-order valence-corrected chi connectivity index (χ3v) is 2.98. The van der Waals surface area contributed by atoms with Crippen molar-refractivity contribution in [2.75, 3.05) is 11.1 Å². The van der Waals surface area contributed by atoms with Crippen molar-refractivity contribution < 1.29 is 4.79 Å². The van der Waals surface area contributed by atoms with E-state index in [4.69, 9.17) is 17.3 Å². The number of anilines is 2. The molecule has 2 rings (SSSR count). The molecule has 0 atom stereocenters. The van der Waals surface area contributed by atoms with Gasteiger partial charge in [0.25, 0.3) is 5.91 Å². The van der Waals surface area contributed by atoms with E-state index in [0.717, 1.165) is 11.3 Å². The first-order chi connectivity index (χ1) is 8.59. The molecule has 0 aromatic heterocycles. The summed E-state index contributed by atoms with van der Waals surface area (Å²) in [5, 5.41) is 3.15. The number of hydrogen-bond donors (Lipinski definition) is 2. The van der Waals surface area contributed by atoms with Crippen LogP contribution in [0.25, 0.3) is 0 Å². The van der Waals surface area contributed by atoms with E-state index in [1.165, 1.54) is 0 Å². The lowest BCUT2D eigenvalue weighted by molar-refractivity contribution is 0.102. The average Bonchev–Trinajstić information content (AvgIpc) is 2.32. The summed E-state index contributed by atoms with van der Waals surface area (Å²) < 4.78 is 0. The molecule has 0 fully saturated rings. The molecule has 0 saturated carbocycles. The normalized spacial score (nSPS) is 10.1. The molecule has 0 unspecified atom stereocenters. The minimum Gasteiger partial charge on any atom is -0.398 e. The molecule has 0 spiro atoms. The van der Waals surface area contributed by atoms with Gasteiger partial charge in [0.05, 0.1) is 10.6 Å². The maximum atomic E-state index is 12.1. The summed E-state index contributed by atoms with van der Waals surface area (Å²) in [4.78, 5) is 12.1. The zero-order chi connectivity index (χ0) is 13.1. The highest BCUT2D eigenvalue weighted by molar-refractivity contribution is 6.35. The third kappa shape index (κ3) is 2.46. The maximum Gasteiger partial charge on any atom is 0.259 e. The molecule has 3 nitrogen and oxygen atoms in total. The lowest BCUT2D eigenvalue weighted by Gasteiger charge is -2.10. The van der Waals surface area contributed by atoms with Crippen LogP contribution in [0.1, 0.15) is 15.9 Å². The van der Waals surface area contributed by atoms with Gasteiger partial charge in [0, 0.05) is 11.4 Å². The van der Waals surface area contributed by atoms with Crippen molar-refractivity contribution in [3.63, 3.8) is 0 Å². The highest BCUT2D eigenvalue weighted by Crippen LogP contribution is 2.23. The van der Waals surface area contributed by atoms with Crippen LogP contribution in [-0.4, -0.2) is 5.91 Å². The highest BCUT2D eigenvalue weighted by Gasteiger charge is 2.14. The Bertz CT molecular complexity index is 576. The number of aryl methyl sites for hydroxylation is 1. The molecule has 0 heterocycles.